The number of anilines is 1. The highest BCUT2D eigenvalue weighted by atomic mass is 35.5. The molecule has 0 unspecified atom stereocenters. The highest BCUT2D eigenvalue weighted by Gasteiger charge is 2.45. The van der Waals surface area contributed by atoms with E-state index < -0.39 is 30.0 Å². The summed E-state index contributed by atoms with van der Waals surface area (Å²) in [6, 6.07) is 7.30. The van der Waals surface area contributed by atoms with Gasteiger partial charge in [0, 0.05) is 11.6 Å². The van der Waals surface area contributed by atoms with Gasteiger partial charge < -0.3 is 15.0 Å². The first-order chi connectivity index (χ1) is 13.3. The van der Waals surface area contributed by atoms with Gasteiger partial charge in [0.05, 0.1) is 23.3 Å². The van der Waals surface area contributed by atoms with E-state index in [1.165, 1.54) is 12.1 Å². The summed E-state index contributed by atoms with van der Waals surface area (Å²) in [6.07, 6.45) is -4.25. The number of hydrogen-bond donors (Lipinski definition) is 1. The van der Waals surface area contributed by atoms with E-state index in [4.69, 9.17) is 16.3 Å². The van der Waals surface area contributed by atoms with Gasteiger partial charge in [-0.05, 0) is 43.2 Å². The third-order valence-corrected chi connectivity index (χ3v) is 5.20. The Morgan fingerprint density at radius 1 is 1.21 bits per heavy atom. The minimum atomic E-state index is -5.03. The fourth-order valence-corrected chi connectivity index (χ4v) is 4.00. The van der Waals surface area contributed by atoms with Crippen molar-refractivity contribution in [1.82, 2.24) is 5.32 Å². The van der Waals surface area contributed by atoms with Crippen molar-refractivity contribution in [2.75, 3.05) is 11.4 Å². The summed E-state index contributed by atoms with van der Waals surface area (Å²) in [5.74, 6) is -2.04. The van der Waals surface area contributed by atoms with E-state index in [2.05, 4.69) is 0 Å². The molecule has 1 saturated heterocycles. The maximum atomic E-state index is 14.8. The van der Waals surface area contributed by atoms with Crippen LogP contribution in [0.1, 0.15) is 24.4 Å². The minimum Gasteiger partial charge on any atom is -0.455 e. The molecule has 1 amide bonds. The highest BCUT2D eigenvalue weighted by Crippen LogP contribution is 2.49. The summed E-state index contributed by atoms with van der Waals surface area (Å²) in [7, 11) is 0. The van der Waals surface area contributed by atoms with E-state index in [-0.39, 0.29) is 17.7 Å². The number of rotatable bonds is 1. The molecule has 2 aliphatic rings. The van der Waals surface area contributed by atoms with Gasteiger partial charge >= 0.3 is 12.1 Å². The predicted molar refractivity (Wildman–Crippen MR) is 95.2 cm³/mol. The molecule has 0 saturated carbocycles. The van der Waals surface area contributed by atoms with Gasteiger partial charge in [-0.3, -0.25) is 4.79 Å². The molecule has 0 spiro atoms. The molecule has 1 N–H and O–H groups in total. The number of ether oxygens (including phenoxy) is 1. The van der Waals surface area contributed by atoms with E-state index in [9.17, 15) is 22.4 Å². The topological polar surface area (TPSA) is 41.6 Å². The maximum absolute atomic E-state index is 14.8. The number of nitrogens with zero attached hydrogens (tertiary/aromatic N) is 1. The molecule has 1 fully saturated rings. The molecule has 0 bridgehead atoms. The van der Waals surface area contributed by atoms with Crippen molar-refractivity contribution < 1.29 is 27.1 Å². The van der Waals surface area contributed by atoms with Gasteiger partial charge in [0.25, 0.3) is 0 Å². The lowest BCUT2D eigenvalue weighted by Crippen LogP contribution is -2.53. The number of halogens is 5. The van der Waals surface area contributed by atoms with E-state index >= 15 is 0 Å². The maximum Gasteiger partial charge on any atom is 0.471 e. The van der Waals surface area contributed by atoms with Gasteiger partial charge in [-0.25, -0.2) is 4.39 Å². The number of amides is 1. The normalized spacial score (nSPS) is 21.0. The number of nitrogens with one attached hydrogen (secondary N) is 1. The number of benzene rings is 2. The van der Waals surface area contributed by atoms with Crippen molar-refractivity contribution >= 4 is 23.2 Å². The number of alkyl halides is 3. The number of fused-ring (bicyclic) bond motifs is 5. The highest BCUT2D eigenvalue weighted by molar-refractivity contribution is 6.31. The Morgan fingerprint density at radius 3 is 2.75 bits per heavy atom. The Kier molecular flexibility index (Phi) is 4.61. The SMILES string of the molecule is O=C(N[C@@H]1CCCN2c3cc(Cl)ccc3Oc3cccc(F)c3[C@H]12)C(F)(F)F. The van der Waals surface area contributed by atoms with Crippen molar-refractivity contribution in [3.8, 4) is 11.5 Å². The average Bonchev–Trinajstić information content (AvgIpc) is 2.77. The van der Waals surface area contributed by atoms with Crippen LogP contribution in [0.2, 0.25) is 5.02 Å². The third-order valence-electron chi connectivity index (χ3n) is 4.96. The van der Waals surface area contributed by atoms with Crippen molar-refractivity contribution in [2.24, 2.45) is 0 Å². The molecular formula is C19H15ClF4N2O2. The molecule has 0 aliphatic carbocycles. The lowest BCUT2D eigenvalue weighted by molar-refractivity contribution is -0.174. The Balaban J connectivity index is 1.85. The van der Waals surface area contributed by atoms with Crippen LogP contribution < -0.4 is 15.0 Å². The second-order valence-electron chi connectivity index (χ2n) is 6.72. The summed E-state index contributed by atoms with van der Waals surface area (Å²) < 4.78 is 59.2. The quantitative estimate of drug-likeness (QED) is 0.670. The van der Waals surface area contributed by atoms with Crippen molar-refractivity contribution in [2.45, 2.75) is 31.1 Å². The van der Waals surface area contributed by atoms with Crippen LogP contribution in [0.3, 0.4) is 0 Å². The van der Waals surface area contributed by atoms with Gasteiger partial charge in [-0.15, -0.1) is 0 Å². The summed E-state index contributed by atoms with van der Waals surface area (Å²) in [4.78, 5) is 13.3. The Labute approximate surface area is 163 Å². The molecule has 4 nitrogen and oxygen atoms in total. The van der Waals surface area contributed by atoms with Crippen LogP contribution >= 0.6 is 11.6 Å². The fourth-order valence-electron chi connectivity index (χ4n) is 3.84. The molecule has 4 rings (SSSR count). The molecule has 2 atom stereocenters. The van der Waals surface area contributed by atoms with Gasteiger partial charge in [-0.1, -0.05) is 17.7 Å². The van der Waals surface area contributed by atoms with Crippen LogP contribution in [-0.4, -0.2) is 24.7 Å². The second kappa shape index (κ2) is 6.84. The standard InChI is InChI=1S/C19H15ClF4N2O2/c20-10-6-7-14-13(9-10)26-8-2-4-12(25-18(27)19(22,23)24)17(26)16-11(21)3-1-5-15(16)28-14/h1,3,5-7,9,12,17H,2,4,8H2,(H,25,27)/t12-,17+/m1/s1. The van der Waals surface area contributed by atoms with Crippen molar-refractivity contribution in [3.63, 3.8) is 0 Å². The molecule has 9 heteroatoms. The summed E-state index contributed by atoms with van der Waals surface area (Å²) >= 11 is 6.11. The van der Waals surface area contributed by atoms with Crippen LogP contribution in [0.25, 0.3) is 0 Å². The van der Waals surface area contributed by atoms with Crippen LogP contribution in [0.15, 0.2) is 36.4 Å². The lowest BCUT2D eigenvalue weighted by atomic mass is 9.89. The lowest BCUT2D eigenvalue weighted by Gasteiger charge is -2.42. The Morgan fingerprint density at radius 2 is 2.00 bits per heavy atom. The molecular weight excluding hydrogens is 400 g/mol. The summed E-state index contributed by atoms with van der Waals surface area (Å²) in [5.41, 5.74) is 0.654. The van der Waals surface area contributed by atoms with Crippen molar-refractivity contribution in [3.05, 3.63) is 52.8 Å². The summed E-state index contributed by atoms with van der Waals surface area (Å²) in [5, 5.41) is 2.45. The van der Waals surface area contributed by atoms with E-state index in [0.717, 1.165) is 0 Å². The number of hydrogen-bond acceptors (Lipinski definition) is 3. The number of carbonyl (C=O) groups excluding carboxylic acids is 1. The molecule has 2 aromatic carbocycles. The third kappa shape index (κ3) is 3.26. The predicted octanol–water partition coefficient (Wildman–Crippen LogP) is 4.97. The fraction of sp³-hybridized carbons (Fsp3) is 0.316. The first-order valence-corrected chi connectivity index (χ1v) is 9.03. The van der Waals surface area contributed by atoms with Crippen LogP contribution in [0.5, 0.6) is 11.5 Å². The molecule has 28 heavy (non-hydrogen) atoms. The second-order valence-corrected chi connectivity index (χ2v) is 7.16. The zero-order valence-corrected chi connectivity index (χ0v) is 15.1. The molecule has 2 heterocycles. The molecule has 0 radical (unpaired) electrons. The molecule has 148 valence electrons. The van der Waals surface area contributed by atoms with E-state index in [0.29, 0.717) is 29.4 Å². The molecule has 2 aliphatic heterocycles. The van der Waals surface area contributed by atoms with Crippen LogP contribution in [-0.2, 0) is 4.79 Å². The van der Waals surface area contributed by atoms with E-state index in [1.807, 2.05) is 5.32 Å². The minimum absolute atomic E-state index is 0.113. The van der Waals surface area contributed by atoms with E-state index in [1.54, 1.807) is 29.2 Å². The van der Waals surface area contributed by atoms with Crippen LogP contribution in [0, 0.1) is 5.82 Å². The first-order valence-electron chi connectivity index (χ1n) is 8.66. The molecule has 0 aromatic heterocycles. The van der Waals surface area contributed by atoms with Gasteiger partial charge in [0.2, 0.25) is 0 Å². The van der Waals surface area contributed by atoms with Crippen molar-refractivity contribution in [1.29, 1.82) is 0 Å². The average molecular weight is 415 g/mol. The zero-order chi connectivity index (χ0) is 20.1. The monoisotopic (exact) mass is 414 g/mol. The van der Waals surface area contributed by atoms with Gasteiger partial charge in [0.1, 0.15) is 11.6 Å². The number of carbonyl (C=O) groups is 1. The zero-order valence-electron chi connectivity index (χ0n) is 14.4. The van der Waals surface area contributed by atoms with Crippen LogP contribution in [0.4, 0.5) is 23.2 Å². The first kappa shape index (κ1) is 18.9. The smallest absolute Gasteiger partial charge is 0.455 e. The Hall–Kier alpha value is -2.48. The summed E-state index contributed by atoms with van der Waals surface area (Å²) in [6.45, 7) is 0.452. The number of piperidine rings is 1. The molecule has 2 aromatic rings. The Bertz CT molecular complexity index is 935. The van der Waals surface area contributed by atoms with Gasteiger partial charge in [0.15, 0.2) is 5.75 Å². The largest absolute Gasteiger partial charge is 0.471 e. The van der Waals surface area contributed by atoms with Gasteiger partial charge in [-0.2, -0.15) is 13.2 Å².